The predicted molar refractivity (Wildman–Crippen MR) is 66.9 cm³/mol. The third kappa shape index (κ3) is 2.64. The van der Waals surface area contributed by atoms with Crippen LogP contribution in [0.25, 0.3) is 0 Å². The van der Waals surface area contributed by atoms with Crippen molar-refractivity contribution in [1.82, 2.24) is 9.97 Å². The molecule has 0 unspecified atom stereocenters. The van der Waals surface area contributed by atoms with Crippen molar-refractivity contribution >= 4 is 17.4 Å². The van der Waals surface area contributed by atoms with Crippen LogP contribution in [0.15, 0.2) is 12.4 Å². The Morgan fingerprint density at radius 2 is 2.06 bits per heavy atom. The van der Waals surface area contributed by atoms with E-state index >= 15 is 0 Å². The number of aromatic nitrogens is 2. The monoisotopic (exact) mass is 239 g/mol. The first-order valence-electron chi connectivity index (χ1n) is 5.91. The minimum absolute atomic E-state index is 0.430. The molecule has 4 heteroatoms. The Balaban J connectivity index is 2.09. The molecule has 1 aromatic rings. The minimum atomic E-state index is 0.430. The van der Waals surface area contributed by atoms with Gasteiger partial charge < -0.3 is 4.90 Å². The fourth-order valence-corrected chi connectivity index (χ4v) is 2.41. The summed E-state index contributed by atoms with van der Waals surface area (Å²) in [5.41, 5.74) is 0.849. The fraction of sp³-hybridized carbons (Fsp3) is 0.667. The van der Waals surface area contributed by atoms with Gasteiger partial charge in [0.25, 0.3) is 0 Å². The number of halogens is 1. The molecule has 0 spiro atoms. The maximum absolute atomic E-state index is 5.77. The van der Waals surface area contributed by atoms with Crippen LogP contribution in [0.5, 0.6) is 0 Å². The molecule has 1 heterocycles. The van der Waals surface area contributed by atoms with Gasteiger partial charge in [-0.3, -0.25) is 4.98 Å². The molecular weight excluding hydrogens is 222 g/mol. The van der Waals surface area contributed by atoms with Crippen molar-refractivity contribution in [3.63, 3.8) is 0 Å². The molecule has 0 amide bonds. The molecule has 1 aliphatic rings. The first-order chi connectivity index (χ1) is 7.81. The van der Waals surface area contributed by atoms with E-state index in [2.05, 4.69) is 21.9 Å². The zero-order valence-corrected chi connectivity index (χ0v) is 10.5. The summed E-state index contributed by atoms with van der Waals surface area (Å²) < 4.78 is 0. The molecular formula is C12H18ClN3. The molecule has 0 saturated heterocycles. The predicted octanol–water partition coefficient (Wildman–Crippen LogP) is 2.98. The van der Waals surface area contributed by atoms with Crippen LogP contribution in [0.3, 0.4) is 0 Å². The van der Waals surface area contributed by atoms with Gasteiger partial charge in [-0.25, -0.2) is 4.98 Å². The van der Waals surface area contributed by atoms with Gasteiger partial charge >= 0.3 is 0 Å². The molecule has 0 atom stereocenters. The van der Waals surface area contributed by atoms with Crippen molar-refractivity contribution in [3.05, 3.63) is 18.1 Å². The number of anilines is 1. The lowest BCUT2D eigenvalue weighted by molar-refractivity contribution is 0.425. The minimum Gasteiger partial charge on any atom is -0.355 e. The van der Waals surface area contributed by atoms with Crippen LogP contribution in [0, 0.1) is 0 Å². The second-order valence-electron chi connectivity index (χ2n) is 4.40. The largest absolute Gasteiger partial charge is 0.355 e. The van der Waals surface area contributed by atoms with Gasteiger partial charge in [0.2, 0.25) is 0 Å². The van der Waals surface area contributed by atoms with Gasteiger partial charge in [-0.15, -0.1) is 11.6 Å². The molecule has 1 aromatic heterocycles. The Labute approximate surface area is 102 Å². The van der Waals surface area contributed by atoms with E-state index in [4.69, 9.17) is 11.6 Å². The number of alkyl halides is 1. The highest BCUT2D eigenvalue weighted by molar-refractivity contribution is 6.16. The van der Waals surface area contributed by atoms with Crippen LogP contribution < -0.4 is 4.90 Å². The van der Waals surface area contributed by atoms with Crippen molar-refractivity contribution in [2.45, 2.75) is 44.0 Å². The molecule has 0 aliphatic heterocycles. The van der Waals surface area contributed by atoms with Crippen molar-refractivity contribution in [2.75, 3.05) is 11.9 Å². The number of hydrogen-bond acceptors (Lipinski definition) is 3. The Bertz CT molecular complexity index is 337. The Kier molecular flexibility index (Phi) is 3.99. The van der Waals surface area contributed by atoms with Gasteiger partial charge in [-0.05, 0) is 12.8 Å². The van der Waals surface area contributed by atoms with Crippen LogP contribution >= 0.6 is 11.6 Å². The highest BCUT2D eigenvalue weighted by Crippen LogP contribution is 2.24. The summed E-state index contributed by atoms with van der Waals surface area (Å²) in [4.78, 5) is 10.9. The summed E-state index contributed by atoms with van der Waals surface area (Å²) in [6, 6.07) is 0.619. The Hall–Kier alpha value is -0.830. The molecule has 3 nitrogen and oxygen atoms in total. The SMILES string of the molecule is CN(c1cncc(CCl)n1)C1CCCCC1. The van der Waals surface area contributed by atoms with E-state index in [9.17, 15) is 0 Å². The zero-order chi connectivity index (χ0) is 11.4. The third-order valence-corrected chi connectivity index (χ3v) is 3.57. The molecule has 2 rings (SSSR count). The standard InChI is InChI=1S/C12H18ClN3/c1-16(11-5-3-2-4-6-11)12-9-14-8-10(7-13)15-12/h8-9,11H,2-7H2,1H3. The summed E-state index contributed by atoms with van der Waals surface area (Å²) in [6.07, 6.45) is 10.1. The molecule has 1 aliphatic carbocycles. The van der Waals surface area contributed by atoms with E-state index in [1.807, 2.05) is 6.20 Å². The molecule has 16 heavy (non-hydrogen) atoms. The molecule has 0 bridgehead atoms. The van der Waals surface area contributed by atoms with Crippen LogP contribution in [0.4, 0.5) is 5.82 Å². The summed E-state index contributed by atoms with van der Waals surface area (Å²) in [5, 5.41) is 0. The average molecular weight is 240 g/mol. The highest BCUT2D eigenvalue weighted by Gasteiger charge is 2.19. The van der Waals surface area contributed by atoms with Crippen molar-refractivity contribution in [2.24, 2.45) is 0 Å². The second-order valence-corrected chi connectivity index (χ2v) is 4.67. The van der Waals surface area contributed by atoms with Crippen LogP contribution in [0.2, 0.25) is 0 Å². The van der Waals surface area contributed by atoms with Gasteiger partial charge in [-0.2, -0.15) is 0 Å². The zero-order valence-electron chi connectivity index (χ0n) is 9.69. The Morgan fingerprint density at radius 3 is 2.75 bits per heavy atom. The lowest BCUT2D eigenvalue weighted by Gasteiger charge is -2.31. The maximum atomic E-state index is 5.77. The third-order valence-electron chi connectivity index (χ3n) is 3.29. The number of hydrogen-bond donors (Lipinski definition) is 0. The first-order valence-corrected chi connectivity index (χ1v) is 6.44. The highest BCUT2D eigenvalue weighted by atomic mass is 35.5. The van der Waals surface area contributed by atoms with Crippen molar-refractivity contribution in [1.29, 1.82) is 0 Å². The van der Waals surface area contributed by atoms with Gasteiger partial charge in [0.05, 0.1) is 17.8 Å². The van der Waals surface area contributed by atoms with Crippen LogP contribution in [-0.4, -0.2) is 23.1 Å². The number of rotatable bonds is 3. The van der Waals surface area contributed by atoms with E-state index in [1.54, 1.807) is 6.20 Å². The summed E-state index contributed by atoms with van der Waals surface area (Å²) in [5.74, 6) is 1.38. The van der Waals surface area contributed by atoms with E-state index < -0.39 is 0 Å². The van der Waals surface area contributed by atoms with E-state index in [0.29, 0.717) is 11.9 Å². The molecule has 88 valence electrons. The first kappa shape index (κ1) is 11.6. The smallest absolute Gasteiger partial charge is 0.147 e. The van der Waals surface area contributed by atoms with Gasteiger partial charge in [0, 0.05) is 19.3 Å². The van der Waals surface area contributed by atoms with Crippen molar-refractivity contribution < 1.29 is 0 Å². The maximum Gasteiger partial charge on any atom is 0.147 e. The van der Waals surface area contributed by atoms with E-state index in [-0.39, 0.29) is 0 Å². The topological polar surface area (TPSA) is 29.0 Å². The van der Waals surface area contributed by atoms with E-state index in [1.165, 1.54) is 32.1 Å². The van der Waals surface area contributed by atoms with E-state index in [0.717, 1.165) is 11.5 Å². The molecule has 0 radical (unpaired) electrons. The quantitative estimate of drug-likeness (QED) is 0.760. The second kappa shape index (κ2) is 5.48. The summed E-state index contributed by atoms with van der Waals surface area (Å²) in [6.45, 7) is 0. The fourth-order valence-electron chi connectivity index (χ4n) is 2.28. The summed E-state index contributed by atoms with van der Waals surface area (Å²) in [7, 11) is 2.11. The average Bonchev–Trinajstić information content (AvgIpc) is 2.39. The Morgan fingerprint density at radius 1 is 1.31 bits per heavy atom. The summed E-state index contributed by atoms with van der Waals surface area (Å²) >= 11 is 5.77. The molecule has 0 aromatic carbocycles. The van der Waals surface area contributed by atoms with Crippen LogP contribution in [0.1, 0.15) is 37.8 Å². The van der Waals surface area contributed by atoms with Crippen LogP contribution in [-0.2, 0) is 5.88 Å². The van der Waals surface area contributed by atoms with Gasteiger partial charge in [0.1, 0.15) is 5.82 Å². The van der Waals surface area contributed by atoms with Gasteiger partial charge in [0.15, 0.2) is 0 Å². The number of nitrogens with zero attached hydrogens (tertiary/aromatic N) is 3. The van der Waals surface area contributed by atoms with Crippen molar-refractivity contribution in [3.8, 4) is 0 Å². The lowest BCUT2D eigenvalue weighted by Crippen LogP contribution is -2.34. The van der Waals surface area contributed by atoms with Gasteiger partial charge in [-0.1, -0.05) is 19.3 Å². The molecule has 1 fully saturated rings. The molecule has 0 N–H and O–H groups in total. The lowest BCUT2D eigenvalue weighted by atomic mass is 9.94. The normalized spacial score (nSPS) is 17.4. The molecule has 1 saturated carbocycles.